The first-order chi connectivity index (χ1) is 15.3. The van der Waals surface area contributed by atoms with Crippen molar-refractivity contribution in [2.45, 2.75) is 24.0 Å². The fourth-order valence-electron chi connectivity index (χ4n) is 3.13. The zero-order chi connectivity index (χ0) is 23.3. The van der Waals surface area contributed by atoms with E-state index < -0.39 is 5.97 Å². The van der Waals surface area contributed by atoms with E-state index in [1.807, 2.05) is 25.1 Å². The van der Waals surface area contributed by atoms with Crippen LogP contribution in [0.4, 0.5) is 0 Å². The molecule has 3 rings (SSSR count). The summed E-state index contributed by atoms with van der Waals surface area (Å²) >= 11 is 13.9. The second-order valence-corrected chi connectivity index (χ2v) is 9.34. The van der Waals surface area contributed by atoms with E-state index in [9.17, 15) is 4.79 Å². The van der Waals surface area contributed by atoms with Crippen LogP contribution in [0, 0.1) is 6.92 Å². The van der Waals surface area contributed by atoms with Gasteiger partial charge in [-0.2, -0.15) is 0 Å². The van der Waals surface area contributed by atoms with Gasteiger partial charge in [-0.3, -0.25) is 0 Å². The van der Waals surface area contributed by atoms with Gasteiger partial charge in [-0.15, -0.1) is 11.8 Å². The summed E-state index contributed by atoms with van der Waals surface area (Å²) in [7, 11) is 2.95. The summed E-state index contributed by atoms with van der Waals surface area (Å²) in [6, 6.07) is 17.8. The topological polar surface area (TPSA) is 44.8 Å². The molecule has 4 nitrogen and oxygen atoms in total. The van der Waals surface area contributed by atoms with Crippen LogP contribution in [0.25, 0.3) is 11.1 Å². The summed E-state index contributed by atoms with van der Waals surface area (Å²) in [5.41, 5.74) is 4.19. The smallest absolute Gasteiger partial charge is 0.343 e. The first-order valence-electron chi connectivity index (χ1n) is 9.92. The molecule has 0 aromatic heterocycles. The van der Waals surface area contributed by atoms with Crippen LogP contribution in [0.5, 0.6) is 11.5 Å². The van der Waals surface area contributed by atoms with E-state index in [-0.39, 0.29) is 11.9 Å². The second kappa shape index (κ2) is 11.0. The number of methoxy groups -OCH3 is 2. The molecule has 3 aromatic carbocycles. The van der Waals surface area contributed by atoms with Crippen LogP contribution in [0.2, 0.25) is 10.0 Å². The van der Waals surface area contributed by atoms with Crippen LogP contribution in [0.1, 0.15) is 23.3 Å². The predicted molar refractivity (Wildman–Crippen MR) is 131 cm³/mol. The molecule has 3 aromatic rings. The van der Waals surface area contributed by atoms with Gasteiger partial charge >= 0.3 is 5.97 Å². The monoisotopic (exact) mass is 490 g/mol. The minimum atomic E-state index is -0.431. The van der Waals surface area contributed by atoms with E-state index in [2.05, 4.69) is 35.9 Å². The lowest BCUT2D eigenvalue weighted by Crippen LogP contribution is -2.13. The number of thioether (sulfide) groups is 1. The van der Waals surface area contributed by atoms with Gasteiger partial charge in [0.05, 0.1) is 29.2 Å². The SMILES string of the molecule is COC(=O)COc1cc(OC)c(SC(C)c2ccc(-c3ccc(Cl)c(Cl)c3)cc2)cc1C. The highest BCUT2D eigenvalue weighted by Gasteiger charge is 2.15. The molecule has 168 valence electrons. The van der Waals surface area contributed by atoms with Crippen molar-refractivity contribution in [2.75, 3.05) is 20.8 Å². The molecule has 0 bridgehead atoms. The second-order valence-electron chi connectivity index (χ2n) is 7.14. The Morgan fingerprint density at radius 1 is 0.938 bits per heavy atom. The molecule has 0 heterocycles. The van der Waals surface area contributed by atoms with Gasteiger partial charge in [0, 0.05) is 11.3 Å². The molecule has 32 heavy (non-hydrogen) atoms. The molecule has 0 spiro atoms. The Balaban J connectivity index is 1.75. The molecule has 0 aliphatic rings. The molecule has 0 radical (unpaired) electrons. The number of carbonyl (C=O) groups is 1. The quantitative estimate of drug-likeness (QED) is 0.243. The van der Waals surface area contributed by atoms with Gasteiger partial charge < -0.3 is 14.2 Å². The first-order valence-corrected chi connectivity index (χ1v) is 11.6. The standard InChI is InChI=1S/C25H24Cl2O4S/c1-15-11-24(23(29-3)13-22(15)31-14-25(28)30-4)32-16(2)17-5-7-18(8-6-17)19-9-10-20(26)21(27)12-19/h5-13,16H,14H2,1-4H3. The van der Waals surface area contributed by atoms with E-state index in [1.165, 1.54) is 12.7 Å². The maximum atomic E-state index is 11.4. The average molecular weight is 491 g/mol. The van der Waals surface area contributed by atoms with Crippen molar-refractivity contribution in [2.24, 2.45) is 0 Å². The number of hydrogen-bond acceptors (Lipinski definition) is 5. The molecular formula is C25H24Cl2O4S. The Morgan fingerprint density at radius 2 is 1.62 bits per heavy atom. The molecule has 0 aliphatic heterocycles. The van der Waals surface area contributed by atoms with Crippen molar-refractivity contribution in [1.29, 1.82) is 0 Å². The largest absolute Gasteiger partial charge is 0.495 e. The first kappa shape index (κ1) is 24.3. The van der Waals surface area contributed by atoms with Gasteiger partial charge in [0.25, 0.3) is 0 Å². The van der Waals surface area contributed by atoms with E-state index >= 15 is 0 Å². The van der Waals surface area contributed by atoms with Crippen molar-refractivity contribution < 1.29 is 19.0 Å². The molecule has 0 fully saturated rings. The fourth-order valence-corrected chi connectivity index (χ4v) is 4.60. The van der Waals surface area contributed by atoms with Crippen LogP contribution in [0.15, 0.2) is 59.5 Å². The van der Waals surface area contributed by atoms with Gasteiger partial charge in [-0.1, -0.05) is 53.5 Å². The lowest BCUT2D eigenvalue weighted by Gasteiger charge is -2.17. The highest BCUT2D eigenvalue weighted by molar-refractivity contribution is 7.99. The van der Waals surface area contributed by atoms with Crippen molar-refractivity contribution in [3.8, 4) is 22.6 Å². The third-order valence-electron chi connectivity index (χ3n) is 4.97. The summed E-state index contributed by atoms with van der Waals surface area (Å²) in [5, 5.41) is 1.27. The number of benzene rings is 3. The van der Waals surface area contributed by atoms with Gasteiger partial charge in [0.15, 0.2) is 6.61 Å². The normalized spacial score (nSPS) is 11.7. The molecule has 0 saturated carbocycles. The van der Waals surface area contributed by atoms with Gasteiger partial charge in [-0.25, -0.2) is 4.79 Å². The van der Waals surface area contributed by atoms with E-state index in [0.29, 0.717) is 21.5 Å². The van der Waals surface area contributed by atoms with Gasteiger partial charge in [0.1, 0.15) is 11.5 Å². The Hall–Kier alpha value is -2.34. The number of ether oxygens (including phenoxy) is 3. The number of carbonyl (C=O) groups excluding carboxylic acids is 1. The third kappa shape index (κ3) is 5.91. The van der Waals surface area contributed by atoms with Gasteiger partial charge in [0.2, 0.25) is 0 Å². The minimum absolute atomic E-state index is 0.144. The zero-order valence-electron chi connectivity index (χ0n) is 18.3. The molecule has 0 N–H and O–H groups in total. The fraction of sp³-hybridized carbons (Fsp3) is 0.240. The van der Waals surface area contributed by atoms with Crippen LogP contribution >= 0.6 is 35.0 Å². The third-order valence-corrected chi connectivity index (χ3v) is 6.91. The summed E-state index contributed by atoms with van der Waals surface area (Å²) in [6.07, 6.45) is 0. The van der Waals surface area contributed by atoms with E-state index in [1.54, 1.807) is 31.0 Å². The molecule has 0 aliphatic carbocycles. The number of esters is 1. The van der Waals surface area contributed by atoms with Crippen LogP contribution in [-0.4, -0.2) is 26.8 Å². The summed E-state index contributed by atoms with van der Waals surface area (Å²) in [4.78, 5) is 12.4. The van der Waals surface area contributed by atoms with Crippen molar-refractivity contribution >= 4 is 40.9 Å². The minimum Gasteiger partial charge on any atom is -0.495 e. The predicted octanol–water partition coefficient (Wildman–Crippen LogP) is 7.38. The molecule has 1 unspecified atom stereocenters. The van der Waals surface area contributed by atoms with Crippen LogP contribution in [-0.2, 0) is 9.53 Å². The molecular weight excluding hydrogens is 467 g/mol. The van der Waals surface area contributed by atoms with Crippen molar-refractivity contribution in [3.05, 3.63) is 75.8 Å². The number of hydrogen-bond donors (Lipinski definition) is 0. The van der Waals surface area contributed by atoms with Crippen molar-refractivity contribution in [1.82, 2.24) is 0 Å². The lowest BCUT2D eigenvalue weighted by molar-refractivity contribution is -0.142. The molecule has 0 saturated heterocycles. The number of halogens is 2. The van der Waals surface area contributed by atoms with Crippen LogP contribution < -0.4 is 9.47 Å². The summed E-state index contributed by atoms with van der Waals surface area (Å²) < 4.78 is 15.8. The zero-order valence-corrected chi connectivity index (χ0v) is 20.6. The van der Waals surface area contributed by atoms with Crippen molar-refractivity contribution in [3.63, 3.8) is 0 Å². The van der Waals surface area contributed by atoms with E-state index in [0.717, 1.165) is 21.6 Å². The van der Waals surface area contributed by atoms with Gasteiger partial charge in [-0.05, 0) is 54.3 Å². The Kier molecular flexibility index (Phi) is 8.35. The van der Waals surface area contributed by atoms with Crippen LogP contribution in [0.3, 0.4) is 0 Å². The summed E-state index contributed by atoms with van der Waals surface area (Å²) in [5.74, 6) is 0.856. The maximum absolute atomic E-state index is 11.4. The maximum Gasteiger partial charge on any atom is 0.343 e. The summed E-state index contributed by atoms with van der Waals surface area (Å²) in [6.45, 7) is 3.94. The number of aryl methyl sites for hydroxylation is 1. The Bertz CT molecular complexity index is 1100. The Labute approximate surface area is 202 Å². The molecule has 7 heteroatoms. The average Bonchev–Trinajstić information content (AvgIpc) is 2.80. The lowest BCUT2D eigenvalue weighted by atomic mass is 10.0. The number of rotatable bonds is 8. The highest BCUT2D eigenvalue weighted by Crippen LogP contribution is 2.42. The Morgan fingerprint density at radius 3 is 2.25 bits per heavy atom. The highest BCUT2D eigenvalue weighted by atomic mass is 35.5. The van der Waals surface area contributed by atoms with E-state index in [4.69, 9.17) is 32.7 Å². The molecule has 1 atom stereocenters. The molecule has 0 amide bonds.